The first-order valence-electron chi connectivity index (χ1n) is 8.60. The van der Waals surface area contributed by atoms with Crippen LogP contribution in [0.2, 0.25) is 0 Å². The predicted octanol–water partition coefficient (Wildman–Crippen LogP) is 4.30. The molecule has 0 aliphatic carbocycles. The highest BCUT2D eigenvalue weighted by Crippen LogP contribution is 2.24. The molecule has 1 aliphatic rings. The van der Waals surface area contributed by atoms with E-state index in [1.165, 1.54) is 16.7 Å². The zero-order valence-corrected chi connectivity index (χ0v) is 14.6. The molecule has 0 fully saturated rings. The minimum Gasteiger partial charge on any atom is -0.286 e. The summed E-state index contributed by atoms with van der Waals surface area (Å²) in [7, 11) is 0. The van der Waals surface area contributed by atoms with Crippen LogP contribution in [0.3, 0.4) is 0 Å². The van der Waals surface area contributed by atoms with Gasteiger partial charge in [0.2, 0.25) is 0 Å². The lowest BCUT2D eigenvalue weighted by Crippen LogP contribution is -2.46. The van der Waals surface area contributed by atoms with Crippen LogP contribution in [0.5, 0.6) is 0 Å². The highest BCUT2D eigenvalue weighted by atomic mass is 15.3. The summed E-state index contributed by atoms with van der Waals surface area (Å²) in [5.74, 6) is 0. The molecule has 2 heteroatoms. The minimum absolute atomic E-state index is 0.183. The van der Waals surface area contributed by atoms with E-state index in [0.29, 0.717) is 0 Å². The van der Waals surface area contributed by atoms with E-state index in [4.69, 9.17) is 0 Å². The molecule has 0 N–H and O–H groups in total. The Bertz CT molecular complexity index is 628. The summed E-state index contributed by atoms with van der Waals surface area (Å²) in [6, 6.07) is 19.7. The number of benzene rings is 2. The van der Waals surface area contributed by atoms with E-state index in [-0.39, 0.29) is 5.54 Å². The lowest BCUT2D eigenvalue weighted by atomic mass is 10.0. The predicted molar refractivity (Wildman–Crippen MR) is 97.2 cm³/mol. The zero-order valence-electron chi connectivity index (χ0n) is 14.6. The molecule has 0 spiro atoms. The normalized spacial score (nSPS) is 16.8. The summed E-state index contributed by atoms with van der Waals surface area (Å²) in [6.07, 6.45) is 1.11. The average Bonchev–Trinajstić information content (AvgIpc) is 2.73. The van der Waals surface area contributed by atoms with Crippen LogP contribution in [0, 0.1) is 0 Å². The summed E-state index contributed by atoms with van der Waals surface area (Å²) in [5.41, 5.74) is 4.56. The molecule has 23 heavy (non-hydrogen) atoms. The number of rotatable bonds is 3. The molecule has 122 valence electrons. The molecule has 0 atom stereocenters. The molecule has 0 saturated carbocycles. The van der Waals surface area contributed by atoms with Crippen molar-refractivity contribution in [3.8, 4) is 0 Å². The van der Waals surface area contributed by atoms with Crippen LogP contribution in [-0.4, -0.2) is 28.6 Å². The maximum absolute atomic E-state index is 2.59. The fraction of sp³-hybridized carbons (Fsp3) is 0.429. The second kappa shape index (κ2) is 6.86. The van der Waals surface area contributed by atoms with Crippen molar-refractivity contribution in [1.29, 1.82) is 0 Å². The van der Waals surface area contributed by atoms with Gasteiger partial charge in [-0.1, -0.05) is 54.6 Å². The highest BCUT2D eigenvalue weighted by Gasteiger charge is 2.27. The van der Waals surface area contributed by atoms with E-state index >= 15 is 0 Å². The fourth-order valence-corrected chi connectivity index (χ4v) is 3.18. The van der Waals surface area contributed by atoms with Crippen LogP contribution < -0.4 is 0 Å². The Kier molecular flexibility index (Phi) is 4.84. The van der Waals surface area contributed by atoms with Gasteiger partial charge in [0.15, 0.2) is 0 Å². The Labute approximate surface area is 140 Å². The lowest BCUT2D eigenvalue weighted by Gasteiger charge is -2.37. The van der Waals surface area contributed by atoms with Crippen LogP contribution in [-0.2, 0) is 19.5 Å². The van der Waals surface area contributed by atoms with E-state index in [1.807, 2.05) is 0 Å². The van der Waals surface area contributed by atoms with E-state index in [1.54, 1.807) is 0 Å². The molecule has 2 nitrogen and oxygen atoms in total. The summed E-state index contributed by atoms with van der Waals surface area (Å²) >= 11 is 0. The molecule has 1 aliphatic heterocycles. The van der Waals surface area contributed by atoms with Crippen LogP contribution in [0.1, 0.15) is 37.5 Å². The molecule has 1 heterocycles. The second-order valence-electron chi connectivity index (χ2n) is 7.57. The largest absolute Gasteiger partial charge is 0.286 e. The second-order valence-corrected chi connectivity index (χ2v) is 7.57. The average molecular weight is 308 g/mol. The molecule has 2 aromatic carbocycles. The quantitative estimate of drug-likeness (QED) is 0.834. The highest BCUT2D eigenvalue weighted by molar-refractivity contribution is 5.28. The lowest BCUT2D eigenvalue weighted by molar-refractivity contribution is 0.0542. The summed E-state index contributed by atoms with van der Waals surface area (Å²) < 4.78 is 0. The van der Waals surface area contributed by atoms with Gasteiger partial charge in [0, 0.05) is 25.2 Å². The van der Waals surface area contributed by atoms with Gasteiger partial charge < -0.3 is 0 Å². The van der Waals surface area contributed by atoms with E-state index < -0.39 is 0 Å². The van der Waals surface area contributed by atoms with E-state index in [0.717, 1.165) is 32.7 Å². The van der Waals surface area contributed by atoms with Gasteiger partial charge >= 0.3 is 0 Å². The summed E-state index contributed by atoms with van der Waals surface area (Å²) in [5, 5.41) is 0. The van der Waals surface area contributed by atoms with Crippen LogP contribution >= 0.6 is 0 Å². The van der Waals surface area contributed by atoms with Crippen LogP contribution in [0.4, 0.5) is 0 Å². The van der Waals surface area contributed by atoms with Crippen LogP contribution in [0.25, 0.3) is 0 Å². The van der Waals surface area contributed by atoms with Crippen molar-refractivity contribution in [1.82, 2.24) is 9.80 Å². The van der Waals surface area contributed by atoms with Gasteiger partial charge in [0.25, 0.3) is 0 Å². The number of nitrogens with zero attached hydrogens (tertiary/aromatic N) is 2. The molecule has 2 aromatic rings. The Morgan fingerprint density at radius 1 is 0.826 bits per heavy atom. The van der Waals surface area contributed by atoms with Crippen molar-refractivity contribution >= 4 is 0 Å². The van der Waals surface area contributed by atoms with Crippen molar-refractivity contribution in [3.05, 3.63) is 71.3 Å². The molecule has 0 unspecified atom stereocenters. The first-order chi connectivity index (χ1) is 11.0. The molecule has 0 aromatic heterocycles. The van der Waals surface area contributed by atoms with Gasteiger partial charge in [-0.3, -0.25) is 9.80 Å². The maximum Gasteiger partial charge on any atom is 0.0517 e. The molecule has 0 bridgehead atoms. The Morgan fingerprint density at radius 3 is 2.09 bits per heavy atom. The van der Waals surface area contributed by atoms with E-state index in [9.17, 15) is 0 Å². The van der Waals surface area contributed by atoms with Crippen molar-refractivity contribution in [2.45, 2.75) is 45.8 Å². The van der Waals surface area contributed by atoms with Gasteiger partial charge in [-0.05, 0) is 43.9 Å². The fourth-order valence-electron chi connectivity index (χ4n) is 3.18. The Morgan fingerprint density at radius 2 is 1.43 bits per heavy atom. The van der Waals surface area contributed by atoms with Crippen LogP contribution in [0.15, 0.2) is 54.6 Å². The molecular weight excluding hydrogens is 280 g/mol. The number of hydrogen-bond acceptors (Lipinski definition) is 2. The van der Waals surface area contributed by atoms with Gasteiger partial charge in [0.05, 0.1) is 6.67 Å². The van der Waals surface area contributed by atoms with Crippen molar-refractivity contribution < 1.29 is 0 Å². The summed E-state index contributed by atoms with van der Waals surface area (Å²) in [4.78, 5) is 5.17. The topological polar surface area (TPSA) is 6.48 Å². The number of fused-ring (bicyclic) bond motifs is 1. The van der Waals surface area contributed by atoms with Crippen molar-refractivity contribution in [2.24, 2.45) is 0 Å². The molecular formula is C21H28N2. The third-order valence-corrected chi connectivity index (χ3v) is 4.75. The SMILES string of the molecule is CC(C)(C)N1Cc2ccccc2CN(CCc2ccccc2)C1. The van der Waals surface area contributed by atoms with Gasteiger partial charge in [-0.2, -0.15) is 0 Å². The monoisotopic (exact) mass is 308 g/mol. The van der Waals surface area contributed by atoms with Gasteiger partial charge in [-0.25, -0.2) is 0 Å². The third kappa shape index (κ3) is 4.21. The van der Waals surface area contributed by atoms with Gasteiger partial charge in [-0.15, -0.1) is 0 Å². The molecule has 0 amide bonds. The first kappa shape index (κ1) is 16.2. The zero-order chi connectivity index (χ0) is 16.3. The van der Waals surface area contributed by atoms with Gasteiger partial charge in [0.1, 0.15) is 0 Å². The minimum atomic E-state index is 0.183. The summed E-state index contributed by atoms with van der Waals surface area (Å²) in [6.45, 7) is 11.2. The standard InChI is InChI=1S/C21H28N2/c1-21(2,3)23-16-20-12-8-7-11-19(20)15-22(17-23)14-13-18-9-5-4-6-10-18/h4-12H,13-17H2,1-3H3. The first-order valence-corrected chi connectivity index (χ1v) is 8.60. The third-order valence-electron chi connectivity index (χ3n) is 4.75. The van der Waals surface area contributed by atoms with Crippen molar-refractivity contribution in [3.63, 3.8) is 0 Å². The molecule has 0 saturated heterocycles. The molecule has 0 radical (unpaired) electrons. The Balaban J connectivity index is 1.77. The number of hydrogen-bond donors (Lipinski definition) is 0. The van der Waals surface area contributed by atoms with Crippen molar-refractivity contribution in [2.75, 3.05) is 13.2 Å². The Hall–Kier alpha value is -1.64. The molecule has 3 rings (SSSR count). The smallest absolute Gasteiger partial charge is 0.0517 e. The van der Waals surface area contributed by atoms with E-state index in [2.05, 4.69) is 85.2 Å². The maximum atomic E-state index is 2.59.